The molecule has 0 saturated carbocycles. The summed E-state index contributed by atoms with van der Waals surface area (Å²) in [6.45, 7) is 6.22. The average Bonchev–Trinajstić information content (AvgIpc) is 2.84. The van der Waals surface area contributed by atoms with Crippen LogP contribution < -0.4 is 15.4 Å². The summed E-state index contributed by atoms with van der Waals surface area (Å²) in [7, 11) is 0. The van der Waals surface area contributed by atoms with Crippen LogP contribution in [0.5, 0.6) is 5.75 Å². The minimum atomic E-state index is 0.0228. The Bertz CT molecular complexity index is 726. The molecule has 0 saturated heterocycles. The zero-order chi connectivity index (χ0) is 15.9. The highest BCUT2D eigenvalue weighted by Gasteiger charge is 2.27. The van der Waals surface area contributed by atoms with Gasteiger partial charge in [0.05, 0.1) is 17.9 Å². The van der Waals surface area contributed by atoms with Crippen LogP contribution in [0.3, 0.4) is 0 Å². The van der Waals surface area contributed by atoms with Crippen molar-refractivity contribution in [3.63, 3.8) is 0 Å². The van der Waals surface area contributed by atoms with Crippen molar-refractivity contribution in [1.29, 1.82) is 0 Å². The van der Waals surface area contributed by atoms with Gasteiger partial charge in [-0.1, -0.05) is 6.92 Å². The van der Waals surface area contributed by atoms with E-state index in [1.807, 2.05) is 25.1 Å². The second-order valence-corrected chi connectivity index (χ2v) is 6.65. The Kier molecular flexibility index (Phi) is 3.78. The zero-order valence-electron chi connectivity index (χ0n) is 12.9. The van der Waals surface area contributed by atoms with E-state index in [1.54, 1.807) is 11.8 Å². The number of nitrogen functional groups attached to an aromatic ring is 1. The van der Waals surface area contributed by atoms with Crippen LogP contribution in [0.25, 0.3) is 11.3 Å². The Morgan fingerprint density at radius 1 is 1.55 bits per heavy atom. The van der Waals surface area contributed by atoms with Gasteiger partial charge < -0.3 is 15.4 Å². The van der Waals surface area contributed by atoms with Crippen LogP contribution in [0, 0.1) is 6.92 Å². The average molecular weight is 317 g/mol. The topological polar surface area (TPSA) is 68.5 Å². The molecule has 1 amide bonds. The monoisotopic (exact) mass is 317 g/mol. The molecule has 0 radical (unpaired) electrons. The summed E-state index contributed by atoms with van der Waals surface area (Å²) in [4.78, 5) is 19.2. The Balaban J connectivity index is 2.07. The molecule has 22 heavy (non-hydrogen) atoms. The number of carbonyl (C=O) groups is 1. The number of nitrogens with two attached hydrogens (primary N) is 1. The van der Waals surface area contributed by atoms with Crippen molar-refractivity contribution < 1.29 is 9.53 Å². The molecule has 0 bridgehead atoms. The molecule has 1 aliphatic rings. The summed E-state index contributed by atoms with van der Waals surface area (Å²) in [6.07, 6.45) is 0.908. The standard InChI is InChI=1S/C16H19N3O2S/c1-4-12-8-19(10(3)20)13-7-11(5-6-14(13)21-12)15-9(2)22-16(17)18-15/h5-7,12H,4,8H2,1-3H3,(H2,17,18). The predicted molar refractivity (Wildman–Crippen MR) is 89.4 cm³/mol. The van der Waals surface area contributed by atoms with Gasteiger partial charge in [0.2, 0.25) is 5.91 Å². The van der Waals surface area contributed by atoms with E-state index in [-0.39, 0.29) is 12.0 Å². The zero-order valence-corrected chi connectivity index (χ0v) is 13.7. The molecule has 5 nitrogen and oxygen atoms in total. The molecule has 0 spiro atoms. The van der Waals surface area contributed by atoms with E-state index in [0.717, 1.165) is 34.0 Å². The van der Waals surface area contributed by atoms with Gasteiger partial charge in [0.1, 0.15) is 11.9 Å². The van der Waals surface area contributed by atoms with Crippen LogP contribution in [0.15, 0.2) is 18.2 Å². The highest BCUT2D eigenvalue weighted by molar-refractivity contribution is 7.15. The maximum atomic E-state index is 12.0. The second kappa shape index (κ2) is 5.61. The third kappa shape index (κ3) is 2.54. The van der Waals surface area contributed by atoms with E-state index in [0.29, 0.717) is 11.7 Å². The number of hydrogen-bond acceptors (Lipinski definition) is 5. The van der Waals surface area contributed by atoms with Crippen LogP contribution in [0.2, 0.25) is 0 Å². The summed E-state index contributed by atoms with van der Waals surface area (Å²) in [5.74, 6) is 0.771. The second-order valence-electron chi connectivity index (χ2n) is 5.42. The van der Waals surface area contributed by atoms with Gasteiger partial charge in [0.15, 0.2) is 5.13 Å². The molecule has 1 aromatic heterocycles. The van der Waals surface area contributed by atoms with Gasteiger partial charge in [-0.2, -0.15) is 0 Å². The molecule has 0 fully saturated rings. The maximum absolute atomic E-state index is 12.0. The number of rotatable bonds is 2. The fourth-order valence-electron chi connectivity index (χ4n) is 2.69. The normalized spacial score (nSPS) is 17.0. The summed E-state index contributed by atoms with van der Waals surface area (Å²) in [6, 6.07) is 5.85. The van der Waals surface area contributed by atoms with Gasteiger partial charge in [-0.3, -0.25) is 4.79 Å². The number of nitrogens with zero attached hydrogens (tertiary/aromatic N) is 2. The largest absolute Gasteiger partial charge is 0.486 e. The lowest BCUT2D eigenvalue weighted by Crippen LogP contribution is -2.42. The van der Waals surface area contributed by atoms with Crippen molar-refractivity contribution in [1.82, 2.24) is 4.98 Å². The van der Waals surface area contributed by atoms with E-state index >= 15 is 0 Å². The van der Waals surface area contributed by atoms with Crippen molar-refractivity contribution in [3.05, 3.63) is 23.1 Å². The van der Waals surface area contributed by atoms with Gasteiger partial charge in [0, 0.05) is 17.4 Å². The Morgan fingerprint density at radius 3 is 2.91 bits per heavy atom. The van der Waals surface area contributed by atoms with Crippen LogP contribution in [0.1, 0.15) is 25.1 Å². The van der Waals surface area contributed by atoms with Crippen molar-refractivity contribution in [3.8, 4) is 17.0 Å². The number of thiazole rings is 1. The smallest absolute Gasteiger partial charge is 0.224 e. The lowest BCUT2D eigenvalue weighted by Gasteiger charge is -2.34. The summed E-state index contributed by atoms with van der Waals surface area (Å²) < 4.78 is 5.95. The summed E-state index contributed by atoms with van der Waals surface area (Å²) in [5.41, 5.74) is 8.41. The first-order valence-electron chi connectivity index (χ1n) is 7.31. The SMILES string of the molecule is CCC1CN(C(C)=O)c2cc(-c3nc(N)sc3C)ccc2O1. The molecule has 2 N–H and O–H groups in total. The van der Waals surface area contributed by atoms with Crippen molar-refractivity contribution >= 4 is 28.1 Å². The number of hydrogen-bond donors (Lipinski definition) is 1. The third-order valence-corrected chi connectivity index (χ3v) is 4.65. The van der Waals surface area contributed by atoms with E-state index in [1.165, 1.54) is 11.3 Å². The van der Waals surface area contributed by atoms with Crippen LogP contribution in [0.4, 0.5) is 10.8 Å². The van der Waals surface area contributed by atoms with E-state index in [9.17, 15) is 4.79 Å². The van der Waals surface area contributed by atoms with E-state index < -0.39 is 0 Å². The summed E-state index contributed by atoms with van der Waals surface area (Å²) >= 11 is 1.47. The fraction of sp³-hybridized carbons (Fsp3) is 0.375. The minimum absolute atomic E-state index is 0.0228. The number of fused-ring (bicyclic) bond motifs is 1. The van der Waals surface area contributed by atoms with Crippen LogP contribution in [-0.4, -0.2) is 23.5 Å². The van der Waals surface area contributed by atoms with Crippen LogP contribution in [-0.2, 0) is 4.79 Å². The molecule has 1 atom stereocenters. The number of carbonyl (C=O) groups excluding carboxylic acids is 1. The lowest BCUT2D eigenvalue weighted by molar-refractivity contribution is -0.117. The fourth-order valence-corrected chi connectivity index (χ4v) is 3.40. The first-order valence-corrected chi connectivity index (χ1v) is 8.13. The molecule has 1 aromatic carbocycles. The number of aromatic nitrogens is 1. The van der Waals surface area contributed by atoms with Gasteiger partial charge >= 0.3 is 0 Å². The number of aryl methyl sites for hydroxylation is 1. The maximum Gasteiger partial charge on any atom is 0.224 e. The van der Waals surface area contributed by atoms with E-state index in [4.69, 9.17) is 10.5 Å². The molecule has 1 unspecified atom stereocenters. The molecule has 6 heteroatoms. The van der Waals surface area contributed by atoms with Crippen molar-refractivity contribution in [2.75, 3.05) is 17.2 Å². The molecule has 1 aliphatic heterocycles. The molecule has 2 aromatic rings. The quantitative estimate of drug-likeness (QED) is 0.923. The van der Waals surface area contributed by atoms with E-state index in [2.05, 4.69) is 11.9 Å². The van der Waals surface area contributed by atoms with Gasteiger partial charge in [0.25, 0.3) is 0 Å². The van der Waals surface area contributed by atoms with Gasteiger partial charge in [-0.05, 0) is 31.5 Å². The number of ether oxygens (including phenoxy) is 1. The predicted octanol–water partition coefficient (Wildman–Crippen LogP) is 3.22. The van der Waals surface area contributed by atoms with Gasteiger partial charge in [-0.25, -0.2) is 4.98 Å². The number of anilines is 2. The molecular formula is C16H19N3O2S. The first-order chi connectivity index (χ1) is 10.5. The number of amides is 1. The highest BCUT2D eigenvalue weighted by Crippen LogP contribution is 2.39. The highest BCUT2D eigenvalue weighted by atomic mass is 32.1. The Hall–Kier alpha value is -2.08. The van der Waals surface area contributed by atoms with Crippen molar-refractivity contribution in [2.45, 2.75) is 33.3 Å². The third-order valence-electron chi connectivity index (χ3n) is 3.85. The first kappa shape index (κ1) is 14.8. The van der Waals surface area contributed by atoms with Gasteiger partial charge in [-0.15, -0.1) is 11.3 Å². The molecule has 116 valence electrons. The molecule has 2 heterocycles. The minimum Gasteiger partial charge on any atom is -0.486 e. The summed E-state index contributed by atoms with van der Waals surface area (Å²) in [5, 5.41) is 0.552. The van der Waals surface area contributed by atoms with Crippen LogP contribution >= 0.6 is 11.3 Å². The Labute approximate surface area is 133 Å². The molecular weight excluding hydrogens is 298 g/mol. The molecule has 3 rings (SSSR count). The molecule has 0 aliphatic carbocycles. The van der Waals surface area contributed by atoms with Crippen molar-refractivity contribution in [2.24, 2.45) is 0 Å². The Morgan fingerprint density at radius 2 is 2.32 bits per heavy atom. The number of benzene rings is 1. The lowest BCUT2D eigenvalue weighted by atomic mass is 10.1.